The molecule has 1 aliphatic rings. The first-order valence-corrected chi connectivity index (χ1v) is 7.48. The van der Waals surface area contributed by atoms with E-state index in [4.69, 9.17) is 21.1 Å². The molecule has 23 heavy (non-hydrogen) atoms. The molecule has 0 bridgehead atoms. The van der Waals surface area contributed by atoms with Crippen molar-refractivity contribution in [2.75, 3.05) is 12.1 Å². The highest BCUT2D eigenvalue weighted by molar-refractivity contribution is 6.31. The summed E-state index contributed by atoms with van der Waals surface area (Å²) in [4.78, 5) is 15.7. The molecule has 6 heteroatoms. The Morgan fingerprint density at radius 3 is 2.87 bits per heavy atom. The average Bonchev–Trinajstić information content (AvgIpc) is 3.11. The van der Waals surface area contributed by atoms with Crippen molar-refractivity contribution in [2.45, 2.75) is 6.92 Å². The van der Waals surface area contributed by atoms with Gasteiger partial charge in [0.25, 0.3) is 5.91 Å². The van der Waals surface area contributed by atoms with E-state index in [0.29, 0.717) is 27.9 Å². The topological polar surface area (TPSA) is 63.4 Å². The summed E-state index contributed by atoms with van der Waals surface area (Å²) < 4.78 is 10.6. The summed E-state index contributed by atoms with van der Waals surface area (Å²) in [6, 6.07) is 10.8. The molecule has 0 spiro atoms. The summed E-state index contributed by atoms with van der Waals surface area (Å²) in [6.07, 6.45) is 0. The van der Waals surface area contributed by atoms with Crippen LogP contribution in [0.3, 0.4) is 0 Å². The maximum Gasteiger partial charge on any atom is 0.272 e. The number of benzene rings is 2. The van der Waals surface area contributed by atoms with Crippen molar-refractivity contribution in [3.8, 4) is 11.5 Å². The molecular weight excluding hydrogens is 316 g/mol. The maximum atomic E-state index is 12.5. The van der Waals surface area contributed by atoms with Crippen LogP contribution in [-0.2, 0) is 0 Å². The van der Waals surface area contributed by atoms with Gasteiger partial charge in [-0.15, -0.1) is 0 Å². The van der Waals surface area contributed by atoms with Gasteiger partial charge in [0, 0.05) is 27.7 Å². The third-order valence-corrected chi connectivity index (χ3v) is 4.11. The molecule has 4 rings (SSSR count). The van der Waals surface area contributed by atoms with Gasteiger partial charge in [0.2, 0.25) is 6.79 Å². The number of rotatable bonds is 2. The number of carbonyl (C=O) groups excluding carboxylic acids is 1. The van der Waals surface area contributed by atoms with Crippen molar-refractivity contribution < 1.29 is 14.3 Å². The molecule has 1 aromatic heterocycles. The van der Waals surface area contributed by atoms with Crippen molar-refractivity contribution in [1.82, 2.24) is 4.98 Å². The van der Waals surface area contributed by atoms with Gasteiger partial charge < -0.3 is 19.8 Å². The number of halogens is 1. The lowest BCUT2D eigenvalue weighted by atomic mass is 10.1. The first-order valence-electron chi connectivity index (χ1n) is 7.10. The zero-order valence-electron chi connectivity index (χ0n) is 12.3. The van der Waals surface area contributed by atoms with Crippen molar-refractivity contribution in [3.63, 3.8) is 0 Å². The van der Waals surface area contributed by atoms with Crippen LogP contribution >= 0.6 is 11.6 Å². The zero-order valence-corrected chi connectivity index (χ0v) is 13.0. The van der Waals surface area contributed by atoms with Crippen LogP contribution < -0.4 is 14.8 Å². The number of nitrogens with one attached hydrogen (secondary N) is 2. The van der Waals surface area contributed by atoms with E-state index in [1.807, 2.05) is 19.1 Å². The number of aryl methyl sites for hydroxylation is 1. The summed E-state index contributed by atoms with van der Waals surface area (Å²) in [5.41, 5.74) is 2.89. The van der Waals surface area contributed by atoms with E-state index in [2.05, 4.69) is 10.3 Å². The Hall–Kier alpha value is -2.66. The van der Waals surface area contributed by atoms with Gasteiger partial charge in [0.15, 0.2) is 11.5 Å². The van der Waals surface area contributed by atoms with Crippen molar-refractivity contribution in [3.05, 3.63) is 52.7 Å². The van der Waals surface area contributed by atoms with E-state index < -0.39 is 0 Å². The number of hydrogen-bond acceptors (Lipinski definition) is 3. The summed E-state index contributed by atoms with van der Waals surface area (Å²) >= 11 is 6.00. The molecule has 0 radical (unpaired) electrons. The SMILES string of the molecule is Cc1c(C(=O)Nc2ccc3c(c2)OCO3)[nH]c2cc(Cl)ccc12. The fourth-order valence-electron chi connectivity index (χ4n) is 2.70. The molecular formula is C17H13ClN2O3. The highest BCUT2D eigenvalue weighted by atomic mass is 35.5. The molecule has 0 saturated carbocycles. The number of aromatic nitrogens is 1. The Balaban J connectivity index is 1.65. The van der Waals surface area contributed by atoms with Gasteiger partial charge >= 0.3 is 0 Å². The molecule has 0 saturated heterocycles. The molecule has 0 atom stereocenters. The lowest BCUT2D eigenvalue weighted by Crippen LogP contribution is -2.13. The molecule has 2 heterocycles. The Morgan fingerprint density at radius 2 is 2.00 bits per heavy atom. The largest absolute Gasteiger partial charge is 0.454 e. The van der Waals surface area contributed by atoms with Crippen molar-refractivity contribution >= 4 is 34.1 Å². The number of H-pyrrole nitrogens is 1. The van der Waals surface area contributed by atoms with Crippen LogP contribution in [0.25, 0.3) is 10.9 Å². The highest BCUT2D eigenvalue weighted by Crippen LogP contribution is 2.34. The molecule has 116 valence electrons. The van der Waals surface area contributed by atoms with Crippen LogP contribution in [0.1, 0.15) is 16.1 Å². The normalized spacial score (nSPS) is 12.6. The molecule has 3 aromatic rings. The van der Waals surface area contributed by atoms with Gasteiger partial charge in [-0.2, -0.15) is 0 Å². The number of fused-ring (bicyclic) bond motifs is 2. The van der Waals surface area contributed by atoms with Gasteiger partial charge in [-0.3, -0.25) is 4.79 Å². The Morgan fingerprint density at radius 1 is 1.17 bits per heavy atom. The van der Waals surface area contributed by atoms with E-state index in [9.17, 15) is 4.79 Å². The summed E-state index contributed by atoms with van der Waals surface area (Å²) in [7, 11) is 0. The minimum atomic E-state index is -0.214. The molecule has 5 nitrogen and oxygen atoms in total. The van der Waals surface area contributed by atoms with Gasteiger partial charge in [-0.25, -0.2) is 0 Å². The highest BCUT2D eigenvalue weighted by Gasteiger charge is 2.17. The quantitative estimate of drug-likeness (QED) is 0.744. The number of hydrogen-bond donors (Lipinski definition) is 2. The van der Waals surface area contributed by atoms with E-state index in [1.54, 1.807) is 24.3 Å². The first kappa shape index (κ1) is 14.0. The monoisotopic (exact) mass is 328 g/mol. The molecule has 0 aliphatic carbocycles. The predicted octanol–water partition coefficient (Wildman–Crippen LogP) is 4.11. The van der Waals surface area contributed by atoms with E-state index >= 15 is 0 Å². The van der Waals surface area contributed by atoms with Crippen molar-refractivity contribution in [1.29, 1.82) is 0 Å². The maximum absolute atomic E-state index is 12.5. The zero-order chi connectivity index (χ0) is 16.0. The van der Waals surface area contributed by atoms with Crippen LogP contribution in [0, 0.1) is 6.92 Å². The summed E-state index contributed by atoms with van der Waals surface area (Å²) in [6.45, 7) is 2.11. The number of anilines is 1. The van der Waals surface area contributed by atoms with Crippen LogP contribution in [-0.4, -0.2) is 17.7 Å². The lowest BCUT2D eigenvalue weighted by Gasteiger charge is -2.05. The van der Waals surface area contributed by atoms with Gasteiger partial charge in [0.1, 0.15) is 5.69 Å². The Kier molecular flexibility index (Phi) is 3.16. The smallest absolute Gasteiger partial charge is 0.272 e. The fourth-order valence-corrected chi connectivity index (χ4v) is 2.88. The molecule has 1 amide bonds. The van der Waals surface area contributed by atoms with Crippen LogP contribution in [0.2, 0.25) is 5.02 Å². The lowest BCUT2D eigenvalue weighted by molar-refractivity contribution is 0.102. The van der Waals surface area contributed by atoms with E-state index in [0.717, 1.165) is 16.5 Å². The minimum absolute atomic E-state index is 0.203. The van der Waals surface area contributed by atoms with E-state index in [1.165, 1.54) is 0 Å². The second-order valence-electron chi connectivity index (χ2n) is 5.34. The summed E-state index contributed by atoms with van der Waals surface area (Å²) in [5.74, 6) is 1.09. The molecule has 0 fully saturated rings. The summed E-state index contributed by atoms with van der Waals surface area (Å²) in [5, 5.41) is 4.47. The van der Waals surface area contributed by atoms with Gasteiger partial charge in [-0.1, -0.05) is 17.7 Å². The van der Waals surface area contributed by atoms with Crippen LogP contribution in [0.5, 0.6) is 11.5 Å². The van der Waals surface area contributed by atoms with Gasteiger partial charge in [-0.05, 0) is 36.8 Å². The Labute approximate surface area is 137 Å². The number of carbonyl (C=O) groups is 1. The second-order valence-corrected chi connectivity index (χ2v) is 5.77. The number of amides is 1. The van der Waals surface area contributed by atoms with Crippen LogP contribution in [0.4, 0.5) is 5.69 Å². The van der Waals surface area contributed by atoms with Gasteiger partial charge in [0.05, 0.1) is 0 Å². The standard InChI is InChI=1S/C17H13ClN2O3/c1-9-12-4-2-10(18)6-13(12)20-16(9)17(21)19-11-3-5-14-15(7-11)23-8-22-14/h2-7,20H,8H2,1H3,(H,19,21). The fraction of sp³-hybridized carbons (Fsp3) is 0.118. The van der Waals surface area contributed by atoms with Crippen LogP contribution in [0.15, 0.2) is 36.4 Å². The first-order chi connectivity index (χ1) is 11.1. The molecule has 2 aromatic carbocycles. The molecule has 2 N–H and O–H groups in total. The average molecular weight is 329 g/mol. The molecule has 1 aliphatic heterocycles. The minimum Gasteiger partial charge on any atom is -0.454 e. The van der Waals surface area contributed by atoms with Crippen molar-refractivity contribution in [2.24, 2.45) is 0 Å². The predicted molar refractivity (Wildman–Crippen MR) is 88.6 cm³/mol. The number of ether oxygens (including phenoxy) is 2. The third-order valence-electron chi connectivity index (χ3n) is 3.88. The molecule has 0 unspecified atom stereocenters. The number of aromatic amines is 1. The Bertz CT molecular complexity index is 933. The third kappa shape index (κ3) is 2.39. The second kappa shape index (κ2) is 5.21. The van der Waals surface area contributed by atoms with E-state index in [-0.39, 0.29) is 12.7 Å².